The minimum Gasteiger partial charge on any atom is -0.490 e. The summed E-state index contributed by atoms with van der Waals surface area (Å²) in [6.07, 6.45) is 1.01. The maximum absolute atomic E-state index is 11.6. The Hall–Kier alpha value is -5.04. The van der Waals surface area contributed by atoms with Crippen molar-refractivity contribution >= 4 is 39.9 Å². The van der Waals surface area contributed by atoms with Gasteiger partial charge in [0.15, 0.2) is 6.40 Å². The largest absolute Gasteiger partial charge is 0.490 e. The Morgan fingerprint density at radius 1 is 0.872 bits per heavy atom. The van der Waals surface area contributed by atoms with Crippen molar-refractivity contribution in [2.75, 3.05) is 18.2 Å². The van der Waals surface area contributed by atoms with Crippen LogP contribution in [0.5, 0.6) is 5.75 Å². The zero-order valence-electron chi connectivity index (χ0n) is 21.5. The van der Waals surface area contributed by atoms with Crippen LogP contribution in [0.15, 0.2) is 114 Å². The average Bonchev–Trinajstić information content (AvgIpc) is 3.59. The number of rotatable bonds is 8. The van der Waals surface area contributed by atoms with Crippen molar-refractivity contribution in [2.24, 2.45) is 5.10 Å². The molecule has 7 heteroatoms. The summed E-state index contributed by atoms with van der Waals surface area (Å²) in [7, 11) is 0. The van der Waals surface area contributed by atoms with Crippen molar-refractivity contribution in [3.05, 3.63) is 115 Å². The van der Waals surface area contributed by atoms with E-state index < -0.39 is 12.2 Å². The highest BCUT2D eigenvalue weighted by Crippen LogP contribution is 2.36. The van der Waals surface area contributed by atoms with Gasteiger partial charge in [-0.25, -0.2) is 9.80 Å². The monoisotopic (exact) mass is 517 g/mol. The topological polar surface area (TPSA) is 65.3 Å². The molecule has 0 radical (unpaired) electrons. The number of fused-ring (bicyclic) bond motifs is 3. The fourth-order valence-electron chi connectivity index (χ4n) is 4.83. The molecule has 0 N–H and O–H groups in total. The highest BCUT2D eigenvalue weighted by Gasteiger charge is 2.27. The molecule has 7 nitrogen and oxygen atoms in total. The van der Waals surface area contributed by atoms with E-state index in [9.17, 15) is 4.79 Å². The van der Waals surface area contributed by atoms with Crippen molar-refractivity contribution in [1.29, 1.82) is 0 Å². The van der Waals surface area contributed by atoms with E-state index in [0.29, 0.717) is 11.3 Å². The van der Waals surface area contributed by atoms with E-state index in [1.165, 1.54) is 17.2 Å². The van der Waals surface area contributed by atoms with E-state index in [4.69, 9.17) is 14.2 Å². The Bertz CT molecular complexity index is 1670. The van der Waals surface area contributed by atoms with Crippen molar-refractivity contribution in [3.8, 4) is 11.4 Å². The van der Waals surface area contributed by atoms with Gasteiger partial charge in [-0.05, 0) is 49.4 Å². The lowest BCUT2D eigenvalue weighted by Gasteiger charge is -2.23. The maximum Gasteiger partial charge on any atom is 0.333 e. The molecule has 6 rings (SSSR count). The van der Waals surface area contributed by atoms with E-state index in [0.717, 1.165) is 28.0 Å². The molecule has 1 atom stereocenters. The molecule has 0 saturated heterocycles. The van der Waals surface area contributed by atoms with E-state index in [1.54, 1.807) is 6.92 Å². The molecule has 0 saturated carbocycles. The number of ether oxygens (including phenoxy) is 3. The van der Waals surface area contributed by atoms with Crippen LogP contribution in [-0.2, 0) is 14.3 Å². The predicted molar refractivity (Wildman–Crippen MR) is 153 cm³/mol. The molecule has 0 amide bonds. The third-order valence-electron chi connectivity index (χ3n) is 6.59. The Morgan fingerprint density at radius 3 is 2.31 bits per heavy atom. The van der Waals surface area contributed by atoms with Gasteiger partial charge in [0.05, 0.1) is 16.7 Å². The molecular formula is C32H27N3O4. The molecule has 1 unspecified atom stereocenters. The number of hydrazone groups is 1. The predicted octanol–water partition coefficient (Wildman–Crippen LogP) is 6.76. The van der Waals surface area contributed by atoms with Gasteiger partial charge >= 0.3 is 5.97 Å². The Balaban J connectivity index is 1.26. The van der Waals surface area contributed by atoms with E-state index in [1.807, 2.05) is 41.4 Å². The second-order valence-electron chi connectivity index (χ2n) is 9.28. The summed E-state index contributed by atoms with van der Waals surface area (Å²) in [4.78, 5) is 11.6. The van der Waals surface area contributed by atoms with E-state index in [2.05, 4.69) is 76.9 Å². The Morgan fingerprint density at radius 2 is 1.56 bits per heavy atom. The first kappa shape index (κ1) is 24.3. The molecular weight excluding hydrogens is 490 g/mol. The molecule has 1 aliphatic rings. The fourth-order valence-corrected chi connectivity index (χ4v) is 4.83. The SMILES string of the molecule is C=C(C)C(=O)OCCOc1cccc(C2OC=NN2c2cccc(-n3c4ccccc4c4ccccc43)c2)c1. The van der Waals surface area contributed by atoms with Gasteiger partial charge in [0.2, 0.25) is 6.23 Å². The number of nitrogens with zero attached hydrogens (tertiary/aromatic N) is 3. The molecule has 4 aromatic carbocycles. The molecule has 0 aliphatic carbocycles. The van der Waals surface area contributed by atoms with Gasteiger partial charge in [-0.2, -0.15) is 0 Å². The van der Waals surface area contributed by atoms with Gasteiger partial charge in [0, 0.05) is 27.6 Å². The minimum absolute atomic E-state index is 0.140. The van der Waals surface area contributed by atoms with E-state index >= 15 is 0 Å². The molecule has 0 spiro atoms. The second-order valence-corrected chi connectivity index (χ2v) is 9.28. The Labute approximate surface area is 226 Å². The summed E-state index contributed by atoms with van der Waals surface area (Å²) >= 11 is 0. The summed E-state index contributed by atoms with van der Waals surface area (Å²) in [6.45, 7) is 5.56. The number of hydrogen-bond acceptors (Lipinski definition) is 6. The van der Waals surface area contributed by atoms with Gasteiger partial charge in [-0.15, -0.1) is 5.10 Å². The molecule has 2 heterocycles. The highest BCUT2D eigenvalue weighted by molar-refractivity contribution is 6.09. The van der Waals surface area contributed by atoms with Gasteiger partial charge in [0.25, 0.3) is 0 Å². The van der Waals surface area contributed by atoms with Crippen molar-refractivity contribution in [1.82, 2.24) is 4.57 Å². The first-order valence-corrected chi connectivity index (χ1v) is 12.7. The van der Waals surface area contributed by atoms with Crippen LogP contribution in [0, 0.1) is 0 Å². The number of aromatic nitrogens is 1. The van der Waals surface area contributed by atoms with Crippen LogP contribution < -0.4 is 9.75 Å². The molecule has 194 valence electrons. The Kier molecular flexibility index (Phi) is 6.47. The summed E-state index contributed by atoms with van der Waals surface area (Å²) in [5.41, 5.74) is 5.46. The van der Waals surface area contributed by atoms with Crippen LogP contribution in [0.4, 0.5) is 5.69 Å². The lowest BCUT2D eigenvalue weighted by molar-refractivity contribution is -0.139. The standard InChI is InChI=1S/C32H27N3O4/c1-22(2)32(36)38-18-17-37-26-12-7-9-23(19-26)31-35(33-21-39-31)25-11-8-10-24(20-25)34-29-15-5-3-13-27(29)28-14-4-6-16-30(28)34/h3-16,19-21,31H,1,17-18H2,2H3. The molecule has 1 aliphatic heterocycles. The summed E-state index contributed by atoms with van der Waals surface area (Å²) in [6, 6.07) is 32.8. The van der Waals surface area contributed by atoms with Gasteiger partial charge in [-0.3, -0.25) is 0 Å². The van der Waals surface area contributed by atoms with Crippen LogP contribution in [-0.4, -0.2) is 30.2 Å². The van der Waals surface area contributed by atoms with Gasteiger partial charge < -0.3 is 18.8 Å². The second kappa shape index (κ2) is 10.4. The van der Waals surface area contributed by atoms with E-state index in [-0.39, 0.29) is 13.2 Å². The third kappa shape index (κ3) is 4.70. The maximum atomic E-state index is 11.6. The smallest absolute Gasteiger partial charge is 0.333 e. The number of hydrogen-bond donors (Lipinski definition) is 0. The third-order valence-corrected chi connectivity index (χ3v) is 6.59. The number of carbonyl (C=O) groups is 1. The number of carbonyl (C=O) groups excluding carboxylic acids is 1. The number of esters is 1. The van der Waals surface area contributed by atoms with Crippen LogP contribution in [0.2, 0.25) is 0 Å². The van der Waals surface area contributed by atoms with Crippen LogP contribution in [0.25, 0.3) is 27.5 Å². The fraction of sp³-hybridized carbons (Fsp3) is 0.125. The molecule has 0 bridgehead atoms. The minimum atomic E-state index is -0.455. The van der Waals surface area contributed by atoms with Gasteiger partial charge in [-0.1, -0.05) is 61.2 Å². The molecule has 1 aromatic heterocycles. The lowest BCUT2D eigenvalue weighted by Crippen LogP contribution is -2.20. The van der Waals surface area contributed by atoms with Crippen molar-refractivity contribution in [2.45, 2.75) is 13.2 Å². The van der Waals surface area contributed by atoms with Gasteiger partial charge in [0.1, 0.15) is 19.0 Å². The quantitative estimate of drug-likeness (QED) is 0.129. The van der Waals surface area contributed by atoms with Crippen LogP contribution >= 0.6 is 0 Å². The van der Waals surface area contributed by atoms with Crippen molar-refractivity contribution in [3.63, 3.8) is 0 Å². The van der Waals surface area contributed by atoms with Crippen LogP contribution in [0.1, 0.15) is 18.7 Å². The summed E-state index contributed by atoms with van der Waals surface area (Å²) in [5, 5.41) is 8.80. The van der Waals surface area contributed by atoms with Crippen molar-refractivity contribution < 1.29 is 19.0 Å². The number of para-hydroxylation sites is 2. The lowest BCUT2D eigenvalue weighted by atomic mass is 10.1. The summed E-state index contributed by atoms with van der Waals surface area (Å²) < 4.78 is 19.1. The molecule has 5 aromatic rings. The average molecular weight is 518 g/mol. The first-order valence-electron chi connectivity index (χ1n) is 12.7. The normalized spacial score (nSPS) is 14.5. The molecule has 0 fully saturated rings. The highest BCUT2D eigenvalue weighted by atomic mass is 16.6. The zero-order chi connectivity index (χ0) is 26.8. The molecule has 39 heavy (non-hydrogen) atoms. The van der Waals surface area contributed by atoms with Crippen LogP contribution in [0.3, 0.4) is 0 Å². The first-order chi connectivity index (χ1) is 19.1. The number of benzene rings is 4. The zero-order valence-corrected chi connectivity index (χ0v) is 21.5. The number of anilines is 1. The summed E-state index contributed by atoms with van der Waals surface area (Å²) in [5.74, 6) is 0.219.